The first-order chi connectivity index (χ1) is 9.31. The highest BCUT2D eigenvalue weighted by molar-refractivity contribution is 7.89. The van der Waals surface area contributed by atoms with Crippen LogP contribution in [0.4, 0.5) is 5.69 Å². The van der Waals surface area contributed by atoms with Crippen LogP contribution in [0.2, 0.25) is 0 Å². The van der Waals surface area contributed by atoms with Gasteiger partial charge in [0.1, 0.15) is 6.04 Å². The van der Waals surface area contributed by atoms with Gasteiger partial charge in [0.15, 0.2) is 0 Å². The molecule has 1 aromatic rings. The second-order valence-electron chi connectivity index (χ2n) is 4.32. The van der Waals surface area contributed by atoms with E-state index in [0.717, 1.165) is 0 Å². The van der Waals surface area contributed by atoms with E-state index in [-0.39, 0.29) is 11.5 Å². The van der Waals surface area contributed by atoms with E-state index in [2.05, 4.69) is 4.72 Å². The molecule has 0 aliphatic heterocycles. The Hall–Kier alpha value is -1.60. The maximum absolute atomic E-state index is 12.3. The summed E-state index contributed by atoms with van der Waals surface area (Å²) in [5, 5.41) is 0. The highest BCUT2D eigenvalue weighted by Gasteiger charge is 2.24. The van der Waals surface area contributed by atoms with Gasteiger partial charge in [0, 0.05) is 5.69 Å². The molecule has 0 aliphatic rings. The summed E-state index contributed by atoms with van der Waals surface area (Å²) in [4.78, 5) is 11.6. The van der Waals surface area contributed by atoms with Crippen LogP contribution in [0.3, 0.4) is 0 Å². The highest BCUT2D eigenvalue weighted by atomic mass is 32.2. The second-order valence-corrected chi connectivity index (χ2v) is 6.00. The number of hydrogen-bond acceptors (Lipinski definition) is 5. The lowest BCUT2D eigenvalue weighted by molar-refractivity contribution is -0.144. The van der Waals surface area contributed by atoms with Crippen LogP contribution in [0.1, 0.15) is 26.3 Å². The standard InChI is InChI=1S/C13H20N2O4S/c1-4-10-6-7-11(14)8-12(10)20(17,18)15-9(3)13(16)19-5-2/h6-9,15H,4-5,14H2,1-3H3. The van der Waals surface area contributed by atoms with Gasteiger partial charge in [-0.3, -0.25) is 4.79 Å². The van der Waals surface area contributed by atoms with Gasteiger partial charge in [-0.15, -0.1) is 0 Å². The van der Waals surface area contributed by atoms with Gasteiger partial charge >= 0.3 is 5.97 Å². The molecule has 1 rings (SSSR count). The first-order valence-electron chi connectivity index (χ1n) is 6.39. The molecular weight excluding hydrogens is 280 g/mol. The van der Waals surface area contributed by atoms with Crippen molar-refractivity contribution in [3.8, 4) is 0 Å². The van der Waals surface area contributed by atoms with E-state index in [9.17, 15) is 13.2 Å². The lowest BCUT2D eigenvalue weighted by atomic mass is 10.1. The monoisotopic (exact) mass is 300 g/mol. The predicted octanol–water partition coefficient (Wildman–Crippen LogP) is 1.06. The van der Waals surface area contributed by atoms with E-state index < -0.39 is 22.0 Å². The van der Waals surface area contributed by atoms with Gasteiger partial charge in [0.05, 0.1) is 11.5 Å². The van der Waals surface area contributed by atoms with Crippen LogP contribution in [0.5, 0.6) is 0 Å². The Morgan fingerprint density at radius 2 is 2.05 bits per heavy atom. The van der Waals surface area contributed by atoms with Crippen LogP contribution in [0.25, 0.3) is 0 Å². The summed E-state index contributed by atoms with van der Waals surface area (Å²) in [6, 6.07) is 3.75. The molecule has 0 fully saturated rings. The number of anilines is 1. The number of ether oxygens (including phenoxy) is 1. The summed E-state index contributed by atoms with van der Waals surface area (Å²) in [7, 11) is -3.82. The number of carbonyl (C=O) groups excluding carboxylic acids is 1. The third kappa shape index (κ3) is 3.94. The number of carbonyl (C=O) groups is 1. The molecule has 1 atom stereocenters. The van der Waals surface area contributed by atoms with Crippen molar-refractivity contribution in [2.75, 3.05) is 12.3 Å². The average Bonchev–Trinajstić information content (AvgIpc) is 2.38. The number of nitrogen functional groups attached to an aromatic ring is 1. The summed E-state index contributed by atoms with van der Waals surface area (Å²) >= 11 is 0. The molecule has 1 aromatic carbocycles. The Morgan fingerprint density at radius 3 is 2.60 bits per heavy atom. The third-order valence-electron chi connectivity index (χ3n) is 2.73. The first-order valence-corrected chi connectivity index (χ1v) is 7.87. The Bertz CT molecular complexity index is 584. The Morgan fingerprint density at radius 1 is 1.40 bits per heavy atom. The summed E-state index contributed by atoms with van der Waals surface area (Å²) < 4.78 is 31.7. The summed E-state index contributed by atoms with van der Waals surface area (Å²) in [6.45, 7) is 5.14. The Balaban J connectivity index is 3.05. The average molecular weight is 300 g/mol. The van der Waals surface area contributed by atoms with E-state index >= 15 is 0 Å². The van der Waals surface area contributed by atoms with Crippen molar-refractivity contribution in [3.05, 3.63) is 23.8 Å². The van der Waals surface area contributed by atoms with E-state index in [1.165, 1.54) is 13.0 Å². The summed E-state index contributed by atoms with van der Waals surface area (Å²) in [5.41, 5.74) is 6.63. The molecule has 0 bridgehead atoms. The lowest BCUT2D eigenvalue weighted by Crippen LogP contribution is -2.39. The summed E-state index contributed by atoms with van der Waals surface area (Å²) in [5.74, 6) is -0.613. The third-order valence-corrected chi connectivity index (χ3v) is 4.36. The molecule has 0 amide bonds. The van der Waals surface area contributed by atoms with E-state index in [1.807, 2.05) is 6.92 Å². The number of benzene rings is 1. The maximum Gasteiger partial charge on any atom is 0.323 e. The van der Waals surface area contributed by atoms with E-state index in [4.69, 9.17) is 10.5 Å². The zero-order valence-electron chi connectivity index (χ0n) is 11.8. The molecule has 0 radical (unpaired) electrons. The molecule has 1 unspecified atom stereocenters. The number of hydrogen-bond donors (Lipinski definition) is 2. The van der Waals surface area contributed by atoms with Gasteiger partial charge in [-0.2, -0.15) is 4.72 Å². The zero-order chi connectivity index (χ0) is 15.3. The second kappa shape index (κ2) is 6.71. The molecular formula is C13H20N2O4S. The molecule has 0 spiro atoms. The van der Waals surface area contributed by atoms with Crippen LogP contribution in [0, 0.1) is 0 Å². The molecule has 3 N–H and O–H groups in total. The van der Waals surface area contributed by atoms with Gasteiger partial charge in [-0.25, -0.2) is 8.42 Å². The van der Waals surface area contributed by atoms with Crippen LogP contribution < -0.4 is 10.5 Å². The number of aryl methyl sites for hydroxylation is 1. The largest absolute Gasteiger partial charge is 0.465 e. The summed E-state index contributed by atoms with van der Waals surface area (Å²) in [6.07, 6.45) is 0.546. The van der Waals surface area contributed by atoms with Gasteiger partial charge in [0.2, 0.25) is 10.0 Å². The lowest BCUT2D eigenvalue weighted by Gasteiger charge is -2.15. The quantitative estimate of drug-likeness (QED) is 0.604. The molecule has 112 valence electrons. The predicted molar refractivity (Wildman–Crippen MR) is 76.6 cm³/mol. The van der Waals surface area contributed by atoms with Gasteiger partial charge in [0.25, 0.3) is 0 Å². The van der Waals surface area contributed by atoms with Crippen molar-refractivity contribution in [1.82, 2.24) is 4.72 Å². The highest BCUT2D eigenvalue weighted by Crippen LogP contribution is 2.20. The molecule has 7 heteroatoms. The maximum atomic E-state index is 12.3. The number of rotatable bonds is 6. The number of esters is 1. The SMILES string of the molecule is CCOC(=O)C(C)NS(=O)(=O)c1cc(N)ccc1CC. The van der Waals surface area contributed by atoms with Crippen molar-refractivity contribution in [2.24, 2.45) is 0 Å². The Kier molecular flexibility index (Phi) is 5.52. The molecule has 0 heterocycles. The van der Waals surface area contributed by atoms with Gasteiger partial charge < -0.3 is 10.5 Å². The minimum absolute atomic E-state index is 0.0937. The van der Waals surface area contributed by atoms with Crippen molar-refractivity contribution < 1.29 is 17.9 Å². The first kappa shape index (κ1) is 16.5. The van der Waals surface area contributed by atoms with Crippen LogP contribution in [0.15, 0.2) is 23.1 Å². The topological polar surface area (TPSA) is 98.5 Å². The fourth-order valence-electron chi connectivity index (χ4n) is 1.72. The van der Waals surface area contributed by atoms with Crippen molar-refractivity contribution in [2.45, 2.75) is 38.1 Å². The molecule has 0 aromatic heterocycles. The molecule has 0 saturated heterocycles. The minimum atomic E-state index is -3.82. The zero-order valence-corrected chi connectivity index (χ0v) is 12.7. The van der Waals surface area contributed by atoms with Crippen molar-refractivity contribution in [3.63, 3.8) is 0 Å². The smallest absolute Gasteiger partial charge is 0.323 e. The van der Waals surface area contributed by atoms with Crippen LogP contribution in [-0.2, 0) is 26.0 Å². The van der Waals surface area contributed by atoms with Crippen molar-refractivity contribution in [1.29, 1.82) is 0 Å². The molecule has 6 nitrogen and oxygen atoms in total. The van der Waals surface area contributed by atoms with E-state index in [0.29, 0.717) is 17.7 Å². The van der Waals surface area contributed by atoms with Gasteiger partial charge in [-0.1, -0.05) is 13.0 Å². The number of nitrogens with one attached hydrogen (secondary N) is 1. The molecule has 0 aliphatic carbocycles. The molecule has 20 heavy (non-hydrogen) atoms. The number of nitrogens with two attached hydrogens (primary N) is 1. The van der Waals surface area contributed by atoms with E-state index in [1.54, 1.807) is 19.1 Å². The molecule has 0 saturated carbocycles. The fraction of sp³-hybridized carbons (Fsp3) is 0.462. The Labute approximate surface area is 119 Å². The minimum Gasteiger partial charge on any atom is -0.465 e. The van der Waals surface area contributed by atoms with Crippen molar-refractivity contribution >= 4 is 21.7 Å². The van der Waals surface area contributed by atoms with Crippen LogP contribution in [-0.4, -0.2) is 27.0 Å². The number of sulfonamides is 1. The van der Waals surface area contributed by atoms with Gasteiger partial charge in [-0.05, 0) is 38.0 Å². The van der Waals surface area contributed by atoms with Crippen LogP contribution >= 0.6 is 0 Å². The normalized spacial score (nSPS) is 12.9. The fourth-order valence-corrected chi connectivity index (χ4v) is 3.26.